The number of rotatable bonds is 6. The Kier molecular flexibility index (Phi) is 6.03. The predicted octanol–water partition coefficient (Wildman–Crippen LogP) is 0.470. The highest BCUT2D eigenvalue weighted by atomic mass is 32.2. The van der Waals surface area contributed by atoms with Crippen LogP contribution in [-0.2, 0) is 10.0 Å². The molecule has 28 heavy (non-hydrogen) atoms. The molecule has 2 aromatic heterocycles. The van der Waals surface area contributed by atoms with E-state index in [4.69, 9.17) is 15.2 Å². The van der Waals surface area contributed by atoms with Gasteiger partial charge in [-0.1, -0.05) is 0 Å². The summed E-state index contributed by atoms with van der Waals surface area (Å²) in [6.07, 6.45) is 1.18. The van der Waals surface area contributed by atoms with E-state index in [1.54, 1.807) is 0 Å². The van der Waals surface area contributed by atoms with Gasteiger partial charge in [0.05, 0.1) is 19.8 Å². The Morgan fingerprint density at radius 3 is 2.36 bits per heavy atom. The Hall–Kier alpha value is -3.41. The fourth-order valence-corrected chi connectivity index (χ4v) is 3.61. The monoisotopic (exact) mass is 409 g/mol. The lowest BCUT2D eigenvalue weighted by atomic mass is 10.2. The lowest BCUT2D eigenvalue weighted by molar-refractivity contribution is 0.0823. The van der Waals surface area contributed by atoms with Gasteiger partial charge >= 0.3 is 6.03 Å². The van der Waals surface area contributed by atoms with Crippen molar-refractivity contribution in [2.75, 3.05) is 32.6 Å². The maximum absolute atomic E-state index is 13.2. The van der Waals surface area contributed by atoms with Crippen LogP contribution in [-0.4, -0.2) is 63.5 Å². The minimum atomic E-state index is -4.69. The summed E-state index contributed by atoms with van der Waals surface area (Å²) >= 11 is 0. The number of nitrogens with zero attached hydrogens (tertiary/aromatic N) is 4. The fraction of sp³-hybridized carbons (Fsp3) is 0.250. The van der Waals surface area contributed by atoms with E-state index in [9.17, 15) is 18.0 Å². The third-order valence-electron chi connectivity index (χ3n) is 3.51. The van der Waals surface area contributed by atoms with Crippen molar-refractivity contribution < 1.29 is 27.5 Å². The molecule has 2 aromatic rings. The molecule has 3 amide bonds. The van der Waals surface area contributed by atoms with Gasteiger partial charge in [-0.2, -0.15) is 17.7 Å². The van der Waals surface area contributed by atoms with Crippen LogP contribution >= 0.6 is 0 Å². The lowest BCUT2D eigenvalue weighted by Gasteiger charge is -2.21. The minimum absolute atomic E-state index is 0.0126. The molecule has 0 bridgehead atoms. The van der Waals surface area contributed by atoms with Gasteiger partial charge < -0.3 is 20.1 Å². The number of primary amides is 1. The lowest BCUT2D eigenvalue weighted by Crippen LogP contribution is -2.42. The molecule has 0 saturated carbocycles. The largest absolute Gasteiger partial charge is 0.496 e. The highest BCUT2D eigenvalue weighted by Gasteiger charge is 2.36. The number of carbonyl (C=O) groups is 2. The molecular formula is C16H19N5O6S. The van der Waals surface area contributed by atoms with Crippen LogP contribution in [0.3, 0.4) is 0 Å². The zero-order valence-electron chi connectivity index (χ0n) is 15.6. The number of anilines is 1. The smallest absolute Gasteiger partial charge is 0.334 e. The van der Waals surface area contributed by atoms with Gasteiger partial charge in [0.1, 0.15) is 5.75 Å². The number of hydrogen-bond donors (Lipinski definition) is 1. The first-order chi connectivity index (χ1) is 13.1. The van der Waals surface area contributed by atoms with Crippen LogP contribution in [0.2, 0.25) is 0 Å². The SMILES string of the molecule is COc1cc(OC)nc(N(C(N)=O)S(=O)(=O)c2ncccc2C(=O)N(C)C)c1. The number of ether oxygens (including phenoxy) is 2. The van der Waals surface area contributed by atoms with Gasteiger partial charge in [0.25, 0.3) is 15.9 Å². The van der Waals surface area contributed by atoms with E-state index in [0.29, 0.717) is 0 Å². The Bertz CT molecular complexity index is 986. The highest BCUT2D eigenvalue weighted by molar-refractivity contribution is 7.93. The molecule has 11 nitrogen and oxygen atoms in total. The first kappa shape index (κ1) is 20.9. The van der Waals surface area contributed by atoms with Crippen LogP contribution in [0.25, 0.3) is 0 Å². The highest BCUT2D eigenvalue weighted by Crippen LogP contribution is 2.29. The molecule has 0 saturated heterocycles. The number of pyridine rings is 2. The summed E-state index contributed by atoms with van der Waals surface area (Å²) in [6.45, 7) is 0. The fourth-order valence-electron chi connectivity index (χ4n) is 2.24. The zero-order chi connectivity index (χ0) is 21.1. The molecule has 0 aliphatic rings. The standard InChI is InChI=1S/C16H19N5O6S/c1-20(2)15(22)11-6-5-7-18-14(11)28(24,25)21(16(17)23)12-8-10(26-3)9-13(19-12)27-4/h5-9H,1-4H3,(H2,17,23). The second-order valence-electron chi connectivity index (χ2n) is 5.57. The van der Waals surface area contributed by atoms with Gasteiger partial charge in [-0.3, -0.25) is 4.79 Å². The molecule has 0 atom stereocenters. The number of aromatic nitrogens is 2. The Balaban J connectivity index is 2.72. The summed E-state index contributed by atoms with van der Waals surface area (Å²) < 4.78 is 36.7. The minimum Gasteiger partial charge on any atom is -0.496 e. The van der Waals surface area contributed by atoms with Crippen molar-refractivity contribution in [3.8, 4) is 11.6 Å². The van der Waals surface area contributed by atoms with Crippen molar-refractivity contribution in [1.82, 2.24) is 14.9 Å². The average molecular weight is 409 g/mol. The van der Waals surface area contributed by atoms with Crippen LogP contribution in [0, 0.1) is 0 Å². The average Bonchev–Trinajstić information content (AvgIpc) is 2.66. The van der Waals surface area contributed by atoms with Gasteiger partial charge in [-0.05, 0) is 12.1 Å². The topological polar surface area (TPSA) is 145 Å². The first-order valence-corrected chi connectivity index (χ1v) is 9.19. The number of urea groups is 1. The van der Waals surface area contributed by atoms with E-state index in [0.717, 1.165) is 0 Å². The summed E-state index contributed by atoms with van der Waals surface area (Å²) in [6, 6.07) is 3.90. The molecule has 0 spiro atoms. The molecule has 2 heterocycles. The Labute approximate surface area is 161 Å². The van der Waals surface area contributed by atoms with Crippen molar-refractivity contribution in [1.29, 1.82) is 0 Å². The summed E-state index contributed by atoms with van der Waals surface area (Å²) in [4.78, 5) is 33.3. The molecule has 0 aromatic carbocycles. The number of carbonyl (C=O) groups excluding carboxylic acids is 2. The normalized spacial score (nSPS) is 10.9. The third-order valence-corrected chi connectivity index (χ3v) is 5.17. The summed E-state index contributed by atoms with van der Waals surface area (Å²) in [7, 11) is 0.863. The van der Waals surface area contributed by atoms with E-state index in [-0.39, 0.29) is 27.3 Å². The molecule has 0 unspecified atom stereocenters. The van der Waals surface area contributed by atoms with Gasteiger partial charge in [-0.25, -0.2) is 9.78 Å². The molecular weight excluding hydrogens is 390 g/mol. The predicted molar refractivity (Wildman–Crippen MR) is 98.8 cm³/mol. The van der Waals surface area contributed by atoms with E-state index in [2.05, 4.69) is 9.97 Å². The van der Waals surface area contributed by atoms with Crippen LogP contribution in [0.15, 0.2) is 35.5 Å². The van der Waals surface area contributed by atoms with Gasteiger partial charge in [0.2, 0.25) is 5.88 Å². The van der Waals surface area contributed by atoms with E-state index >= 15 is 0 Å². The van der Waals surface area contributed by atoms with Crippen molar-refractivity contribution in [3.63, 3.8) is 0 Å². The quantitative estimate of drug-likeness (QED) is 0.725. The van der Waals surface area contributed by atoms with Crippen molar-refractivity contribution in [3.05, 3.63) is 36.0 Å². The summed E-state index contributed by atoms with van der Waals surface area (Å²) in [5, 5.41) is -0.643. The zero-order valence-corrected chi connectivity index (χ0v) is 16.4. The Morgan fingerprint density at radius 1 is 1.14 bits per heavy atom. The number of methoxy groups -OCH3 is 2. The van der Waals surface area contributed by atoms with Crippen molar-refractivity contribution in [2.24, 2.45) is 5.73 Å². The number of sulfonamides is 1. The van der Waals surface area contributed by atoms with Crippen LogP contribution in [0.4, 0.5) is 10.6 Å². The summed E-state index contributed by atoms with van der Waals surface area (Å²) in [5.74, 6) is -0.833. The molecule has 12 heteroatoms. The van der Waals surface area contributed by atoms with E-state index in [1.165, 1.54) is 63.7 Å². The Morgan fingerprint density at radius 2 is 1.82 bits per heavy atom. The molecule has 0 radical (unpaired) electrons. The second kappa shape index (κ2) is 8.08. The third kappa shape index (κ3) is 3.96. The summed E-state index contributed by atoms with van der Waals surface area (Å²) in [5.41, 5.74) is 5.10. The maximum atomic E-state index is 13.2. The van der Waals surface area contributed by atoms with Crippen molar-refractivity contribution >= 4 is 27.8 Å². The maximum Gasteiger partial charge on any atom is 0.334 e. The molecule has 2 rings (SSSR count). The van der Waals surface area contributed by atoms with E-state index < -0.39 is 27.0 Å². The van der Waals surface area contributed by atoms with Gasteiger partial charge in [0.15, 0.2) is 10.8 Å². The number of hydrogen-bond acceptors (Lipinski definition) is 8. The first-order valence-electron chi connectivity index (χ1n) is 7.75. The number of nitrogens with two attached hydrogens (primary N) is 1. The molecule has 0 aliphatic carbocycles. The van der Waals surface area contributed by atoms with Crippen molar-refractivity contribution in [2.45, 2.75) is 5.03 Å². The van der Waals surface area contributed by atoms with Crippen LogP contribution in [0.1, 0.15) is 10.4 Å². The molecule has 2 N–H and O–H groups in total. The van der Waals surface area contributed by atoms with Gasteiger partial charge in [-0.15, -0.1) is 0 Å². The number of amides is 3. The molecule has 0 fully saturated rings. The molecule has 150 valence electrons. The second-order valence-corrected chi connectivity index (χ2v) is 7.27. The molecule has 0 aliphatic heterocycles. The van der Waals surface area contributed by atoms with Crippen LogP contribution < -0.4 is 19.5 Å². The van der Waals surface area contributed by atoms with Crippen LogP contribution in [0.5, 0.6) is 11.6 Å². The van der Waals surface area contributed by atoms with E-state index in [1.807, 2.05) is 0 Å². The van der Waals surface area contributed by atoms with Gasteiger partial charge in [0, 0.05) is 32.4 Å².